The van der Waals surface area contributed by atoms with E-state index in [0.717, 1.165) is 5.56 Å². The van der Waals surface area contributed by atoms with Crippen molar-refractivity contribution in [2.75, 3.05) is 0 Å². The number of carboxylic acid groups (broad SMARTS) is 1. The van der Waals surface area contributed by atoms with Crippen LogP contribution in [0.15, 0.2) is 42.5 Å². The molecule has 120 valence electrons. The molecule has 0 aromatic heterocycles. The minimum Gasteiger partial charge on any atom is -0.464 e. The second-order valence-corrected chi connectivity index (χ2v) is 7.18. The third-order valence-electron chi connectivity index (χ3n) is 3.72. The van der Waals surface area contributed by atoms with Gasteiger partial charge in [0.15, 0.2) is 0 Å². The van der Waals surface area contributed by atoms with Crippen LogP contribution >= 0.6 is 0 Å². The summed E-state index contributed by atoms with van der Waals surface area (Å²) in [5.41, 5.74) is 0.349. The lowest BCUT2D eigenvalue weighted by atomic mass is 9.84. The van der Waals surface area contributed by atoms with Gasteiger partial charge in [-0.05, 0) is 25.8 Å². The molecule has 1 N–H and O–H groups in total. The maximum absolute atomic E-state index is 12.1. The zero-order chi connectivity index (χ0) is 16.5. The zero-order valence-corrected chi connectivity index (χ0v) is 13.3. The first-order valence-corrected chi connectivity index (χ1v) is 8.18. The van der Waals surface area contributed by atoms with Crippen LogP contribution in [0.25, 0.3) is 0 Å². The maximum atomic E-state index is 12.1. The largest absolute Gasteiger partial charge is 0.464 e. The van der Waals surface area contributed by atoms with Crippen molar-refractivity contribution in [1.82, 2.24) is 4.31 Å². The van der Waals surface area contributed by atoms with Crippen LogP contribution in [-0.2, 0) is 20.9 Å². The van der Waals surface area contributed by atoms with Crippen LogP contribution < -0.4 is 0 Å². The van der Waals surface area contributed by atoms with Gasteiger partial charge in [0.05, 0.1) is 5.54 Å². The highest BCUT2D eigenvalue weighted by Crippen LogP contribution is 2.40. The SMILES string of the molecule is C=C(C)CC1(C)C(Cc2ccccc2)OS(=O)(=O)N1C(=O)O. The van der Waals surface area contributed by atoms with Crippen molar-refractivity contribution < 1.29 is 22.5 Å². The molecule has 1 aliphatic heterocycles. The van der Waals surface area contributed by atoms with Crippen molar-refractivity contribution >= 4 is 16.4 Å². The summed E-state index contributed by atoms with van der Waals surface area (Å²) in [5, 5.41) is 9.32. The molecular weight excluding hydrogens is 306 g/mol. The molecule has 6 nitrogen and oxygen atoms in total. The smallest absolute Gasteiger partial charge is 0.423 e. The summed E-state index contributed by atoms with van der Waals surface area (Å²) in [6.45, 7) is 7.09. The summed E-state index contributed by atoms with van der Waals surface area (Å²) in [5.74, 6) is 0. The van der Waals surface area contributed by atoms with Gasteiger partial charge >= 0.3 is 16.4 Å². The highest BCUT2D eigenvalue weighted by Gasteiger charge is 2.57. The standard InChI is InChI=1S/C15H19NO5S/c1-11(2)10-15(3)13(9-12-7-5-4-6-8-12)21-22(19,20)16(15)14(17)18/h4-8,13H,1,9-10H2,2-3H3,(H,17,18). The lowest BCUT2D eigenvalue weighted by Gasteiger charge is -2.33. The monoisotopic (exact) mass is 325 g/mol. The molecule has 1 heterocycles. The summed E-state index contributed by atoms with van der Waals surface area (Å²) in [6.07, 6.45) is -1.84. The Hall–Kier alpha value is -1.86. The molecule has 0 aliphatic carbocycles. The Balaban J connectivity index is 2.43. The molecule has 2 rings (SSSR count). The van der Waals surface area contributed by atoms with Gasteiger partial charge in [-0.25, -0.2) is 8.98 Å². The summed E-state index contributed by atoms with van der Waals surface area (Å²) in [6, 6.07) is 9.22. The van der Waals surface area contributed by atoms with Crippen molar-refractivity contribution in [3.05, 3.63) is 48.0 Å². The first kappa shape index (κ1) is 16.5. The summed E-state index contributed by atoms with van der Waals surface area (Å²) >= 11 is 0. The lowest BCUT2D eigenvalue weighted by molar-refractivity contribution is 0.100. The first-order chi connectivity index (χ1) is 10.2. The molecular formula is C15H19NO5S. The Morgan fingerprint density at radius 2 is 2.00 bits per heavy atom. The van der Waals surface area contributed by atoms with E-state index in [0.29, 0.717) is 16.3 Å². The van der Waals surface area contributed by atoms with Crippen LogP contribution in [0.5, 0.6) is 0 Å². The fraction of sp³-hybridized carbons (Fsp3) is 0.400. The van der Waals surface area contributed by atoms with Crippen molar-refractivity contribution in [2.24, 2.45) is 0 Å². The fourth-order valence-corrected chi connectivity index (χ4v) is 4.41. The summed E-state index contributed by atoms with van der Waals surface area (Å²) in [4.78, 5) is 11.4. The van der Waals surface area contributed by atoms with E-state index in [4.69, 9.17) is 4.18 Å². The molecule has 0 radical (unpaired) electrons. The average molecular weight is 325 g/mol. The van der Waals surface area contributed by atoms with Gasteiger partial charge in [0, 0.05) is 6.42 Å². The average Bonchev–Trinajstić information content (AvgIpc) is 2.55. The van der Waals surface area contributed by atoms with Crippen molar-refractivity contribution in [2.45, 2.75) is 38.3 Å². The van der Waals surface area contributed by atoms with E-state index in [-0.39, 0.29) is 6.42 Å². The van der Waals surface area contributed by atoms with E-state index in [1.165, 1.54) is 0 Å². The van der Waals surface area contributed by atoms with E-state index in [1.807, 2.05) is 30.3 Å². The predicted molar refractivity (Wildman–Crippen MR) is 81.6 cm³/mol. The van der Waals surface area contributed by atoms with Gasteiger partial charge in [-0.3, -0.25) is 0 Å². The summed E-state index contributed by atoms with van der Waals surface area (Å²) < 4.78 is 29.7. The molecule has 2 atom stereocenters. The predicted octanol–water partition coefficient (Wildman–Crippen LogP) is 2.58. The molecule has 1 aromatic rings. The molecule has 0 bridgehead atoms. The molecule has 1 saturated heterocycles. The van der Waals surface area contributed by atoms with E-state index in [1.54, 1.807) is 13.8 Å². The van der Waals surface area contributed by atoms with E-state index in [9.17, 15) is 18.3 Å². The van der Waals surface area contributed by atoms with Gasteiger partial charge in [0.25, 0.3) is 0 Å². The minimum absolute atomic E-state index is 0.204. The Morgan fingerprint density at radius 1 is 1.41 bits per heavy atom. The second-order valence-electron chi connectivity index (χ2n) is 5.77. The van der Waals surface area contributed by atoms with Gasteiger partial charge in [-0.15, -0.1) is 6.58 Å². The molecule has 2 unspecified atom stereocenters. The third-order valence-corrected chi connectivity index (χ3v) is 5.21. The van der Waals surface area contributed by atoms with Crippen LogP contribution in [-0.4, -0.2) is 35.6 Å². The van der Waals surface area contributed by atoms with Gasteiger partial charge in [-0.2, -0.15) is 12.7 Å². The fourth-order valence-electron chi connectivity index (χ4n) is 2.87. The number of benzene rings is 1. The lowest BCUT2D eigenvalue weighted by Crippen LogP contribution is -2.51. The molecule has 7 heteroatoms. The number of carbonyl (C=O) groups is 1. The third kappa shape index (κ3) is 3.00. The highest BCUT2D eigenvalue weighted by molar-refractivity contribution is 7.85. The van der Waals surface area contributed by atoms with Crippen LogP contribution in [0.3, 0.4) is 0 Å². The van der Waals surface area contributed by atoms with Crippen LogP contribution in [0.1, 0.15) is 25.8 Å². The van der Waals surface area contributed by atoms with E-state index < -0.39 is 28.0 Å². The molecule has 1 aliphatic rings. The summed E-state index contributed by atoms with van der Waals surface area (Å²) in [7, 11) is -4.32. The highest BCUT2D eigenvalue weighted by atomic mass is 32.2. The van der Waals surface area contributed by atoms with Crippen molar-refractivity contribution in [3.63, 3.8) is 0 Å². The number of hydrogen-bond donors (Lipinski definition) is 1. The van der Waals surface area contributed by atoms with Crippen LogP contribution in [0, 0.1) is 0 Å². The number of nitrogens with zero attached hydrogens (tertiary/aromatic N) is 1. The molecule has 1 aromatic carbocycles. The zero-order valence-electron chi connectivity index (χ0n) is 12.5. The van der Waals surface area contributed by atoms with E-state index >= 15 is 0 Å². The molecule has 22 heavy (non-hydrogen) atoms. The van der Waals surface area contributed by atoms with E-state index in [2.05, 4.69) is 6.58 Å². The Bertz CT molecular complexity index is 685. The van der Waals surface area contributed by atoms with Crippen molar-refractivity contribution in [3.8, 4) is 0 Å². The van der Waals surface area contributed by atoms with Gasteiger partial charge in [0.2, 0.25) is 0 Å². The Morgan fingerprint density at radius 3 is 2.50 bits per heavy atom. The quantitative estimate of drug-likeness (QED) is 0.860. The topological polar surface area (TPSA) is 83.9 Å². The molecule has 1 amide bonds. The Labute approximate surface area is 130 Å². The maximum Gasteiger partial charge on any atom is 0.423 e. The number of rotatable bonds is 4. The van der Waals surface area contributed by atoms with Crippen LogP contribution in [0.4, 0.5) is 4.79 Å². The van der Waals surface area contributed by atoms with Gasteiger partial charge in [0.1, 0.15) is 6.10 Å². The Kier molecular flexibility index (Phi) is 4.30. The van der Waals surface area contributed by atoms with Crippen LogP contribution in [0.2, 0.25) is 0 Å². The van der Waals surface area contributed by atoms with Gasteiger partial charge < -0.3 is 5.11 Å². The van der Waals surface area contributed by atoms with Gasteiger partial charge in [-0.1, -0.05) is 35.9 Å². The number of hydrogen-bond acceptors (Lipinski definition) is 4. The molecule has 1 fully saturated rings. The number of amides is 1. The first-order valence-electron chi connectivity index (χ1n) is 6.82. The van der Waals surface area contributed by atoms with Crippen molar-refractivity contribution in [1.29, 1.82) is 0 Å². The normalized spacial score (nSPS) is 26.8. The molecule has 0 saturated carbocycles. The minimum atomic E-state index is -4.32. The second kappa shape index (κ2) is 5.73. The molecule has 0 spiro atoms.